The van der Waals surface area contributed by atoms with E-state index in [1.807, 2.05) is 0 Å². The zero-order valence-electron chi connectivity index (χ0n) is 9.08. The van der Waals surface area contributed by atoms with E-state index in [1.165, 1.54) is 16.7 Å². The van der Waals surface area contributed by atoms with Crippen molar-refractivity contribution in [2.75, 3.05) is 6.61 Å². The average molecular weight is 210 g/mol. The minimum Gasteiger partial charge on any atom is -0.395 e. The lowest BCUT2D eigenvalue weighted by atomic mass is 10.1. The van der Waals surface area contributed by atoms with Crippen LogP contribution in [0.25, 0.3) is 0 Å². The molecule has 0 aliphatic rings. The number of aliphatic hydroxyl groups excluding tert-OH is 1. The number of rotatable bonds is 4. The zero-order valence-corrected chi connectivity index (χ0v) is 9.90. The first kappa shape index (κ1) is 11.6. The minimum atomic E-state index is 0.259. The van der Waals surface area contributed by atoms with Gasteiger partial charge in [-0.15, -0.1) is 0 Å². The van der Waals surface area contributed by atoms with Crippen molar-refractivity contribution in [3.05, 3.63) is 34.9 Å². The fourth-order valence-electron chi connectivity index (χ4n) is 1.24. The molecule has 78 valence electrons. The molecule has 1 aromatic rings. The first-order chi connectivity index (χ1) is 6.63. The van der Waals surface area contributed by atoms with Gasteiger partial charge in [0.05, 0.1) is 6.61 Å². The minimum absolute atomic E-state index is 0.259. The van der Waals surface area contributed by atoms with Crippen LogP contribution in [-0.4, -0.2) is 17.0 Å². The quantitative estimate of drug-likeness (QED) is 0.824. The van der Waals surface area contributed by atoms with Crippen molar-refractivity contribution < 1.29 is 5.11 Å². The van der Waals surface area contributed by atoms with Crippen molar-refractivity contribution in [2.45, 2.75) is 31.8 Å². The Bertz CT molecular complexity index is 296. The molecule has 0 heterocycles. The Balaban J connectivity index is 2.62. The van der Waals surface area contributed by atoms with E-state index < -0.39 is 0 Å². The zero-order chi connectivity index (χ0) is 10.6. The Kier molecular flexibility index (Phi) is 4.49. The van der Waals surface area contributed by atoms with Crippen LogP contribution in [0.4, 0.5) is 0 Å². The molecule has 0 saturated heterocycles. The van der Waals surface area contributed by atoms with Crippen molar-refractivity contribution in [3.63, 3.8) is 0 Å². The summed E-state index contributed by atoms with van der Waals surface area (Å²) in [7, 11) is 0. The van der Waals surface area contributed by atoms with Gasteiger partial charge in [-0.2, -0.15) is 11.8 Å². The number of thioether (sulfide) groups is 1. The molecular weight excluding hydrogens is 192 g/mol. The van der Waals surface area contributed by atoms with Gasteiger partial charge in [0.25, 0.3) is 0 Å². The summed E-state index contributed by atoms with van der Waals surface area (Å²) >= 11 is 1.80. The summed E-state index contributed by atoms with van der Waals surface area (Å²) in [6.45, 7) is 6.56. The molecule has 1 aromatic carbocycles. The maximum Gasteiger partial charge on any atom is 0.0547 e. The average Bonchev–Trinajstić information content (AvgIpc) is 2.19. The molecule has 0 aromatic heterocycles. The predicted octanol–water partition coefficient (Wildman–Crippen LogP) is 2.92. The van der Waals surface area contributed by atoms with Crippen LogP contribution >= 0.6 is 11.8 Å². The van der Waals surface area contributed by atoms with E-state index in [2.05, 4.69) is 39.0 Å². The Morgan fingerprint density at radius 1 is 1.36 bits per heavy atom. The van der Waals surface area contributed by atoms with Gasteiger partial charge < -0.3 is 5.11 Å². The van der Waals surface area contributed by atoms with E-state index in [4.69, 9.17) is 5.11 Å². The third kappa shape index (κ3) is 3.35. The molecule has 0 aliphatic heterocycles. The lowest BCUT2D eigenvalue weighted by Gasteiger charge is -2.10. The summed E-state index contributed by atoms with van der Waals surface area (Å²) in [4.78, 5) is 0. The van der Waals surface area contributed by atoms with Gasteiger partial charge in [-0.3, -0.25) is 0 Å². The summed E-state index contributed by atoms with van der Waals surface area (Å²) in [5, 5.41) is 9.24. The number of aryl methyl sites for hydroxylation is 2. The summed E-state index contributed by atoms with van der Waals surface area (Å²) in [5.74, 6) is 0.995. The molecule has 0 spiro atoms. The van der Waals surface area contributed by atoms with E-state index in [0.29, 0.717) is 5.25 Å². The fraction of sp³-hybridized carbons (Fsp3) is 0.500. The molecule has 1 N–H and O–H groups in total. The second-order valence-corrected chi connectivity index (χ2v) is 5.16. The number of benzene rings is 1. The van der Waals surface area contributed by atoms with Gasteiger partial charge in [-0.25, -0.2) is 0 Å². The van der Waals surface area contributed by atoms with E-state index in [-0.39, 0.29) is 6.61 Å². The van der Waals surface area contributed by atoms with E-state index in [1.54, 1.807) is 11.8 Å². The Hall–Kier alpha value is -0.470. The molecule has 0 saturated carbocycles. The lowest BCUT2D eigenvalue weighted by molar-refractivity contribution is 0.300. The van der Waals surface area contributed by atoms with Crippen LogP contribution in [0.5, 0.6) is 0 Å². The lowest BCUT2D eigenvalue weighted by Crippen LogP contribution is -2.02. The monoisotopic (exact) mass is 210 g/mol. The van der Waals surface area contributed by atoms with Crippen LogP contribution < -0.4 is 0 Å². The first-order valence-corrected chi connectivity index (χ1v) is 5.97. The van der Waals surface area contributed by atoms with Gasteiger partial charge in [0.1, 0.15) is 0 Å². The molecule has 14 heavy (non-hydrogen) atoms. The largest absolute Gasteiger partial charge is 0.395 e. The number of aliphatic hydroxyl groups is 1. The highest BCUT2D eigenvalue weighted by Gasteiger charge is 2.03. The molecule has 1 nitrogen and oxygen atoms in total. The SMILES string of the molecule is Cc1ccc(C)c(CSC(C)CO)c1. The van der Waals surface area contributed by atoms with E-state index in [9.17, 15) is 0 Å². The fourth-order valence-corrected chi connectivity index (χ4v) is 2.12. The second kappa shape index (κ2) is 5.42. The van der Waals surface area contributed by atoms with Crippen LogP contribution in [0.3, 0.4) is 0 Å². The number of hydrogen-bond acceptors (Lipinski definition) is 2. The molecule has 0 bridgehead atoms. The maximum atomic E-state index is 8.92. The molecule has 1 unspecified atom stereocenters. The highest BCUT2D eigenvalue weighted by atomic mass is 32.2. The van der Waals surface area contributed by atoms with Gasteiger partial charge in [0.2, 0.25) is 0 Å². The van der Waals surface area contributed by atoms with Crippen LogP contribution in [0.15, 0.2) is 18.2 Å². The Morgan fingerprint density at radius 3 is 2.71 bits per heavy atom. The third-order valence-electron chi connectivity index (χ3n) is 2.29. The molecule has 2 heteroatoms. The summed E-state index contributed by atoms with van der Waals surface area (Å²) < 4.78 is 0. The van der Waals surface area contributed by atoms with Gasteiger partial charge in [-0.05, 0) is 25.0 Å². The molecule has 0 aliphatic carbocycles. The van der Waals surface area contributed by atoms with Crippen molar-refractivity contribution >= 4 is 11.8 Å². The van der Waals surface area contributed by atoms with Gasteiger partial charge in [0.15, 0.2) is 0 Å². The van der Waals surface area contributed by atoms with Crippen molar-refractivity contribution in [1.29, 1.82) is 0 Å². The smallest absolute Gasteiger partial charge is 0.0547 e. The highest BCUT2D eigenvalue weighted by molar-refractivity contribution is 7.99. The summed E-state index contributed by atoms with van der Waals surface area (Å²) in [5.41, 5.74) is 4.03. The van der Waals surface area contributed by atoms with Gasteiger partial charge in [-0.1, -0.05) is 30.7 Å². The molecule has 0 fully saturated rings. The summed E-state index contributed by atoms with van der Waals surface area (Å²) in [6.07, 6.45) is 0. The van der Waals surface area contributed by atoms with Crippen LogP contribution in [0, 0.1) is 13.8 Å². The van der Waals surface area contributed by atoms with E-state index >= 15 is 0 Å². The predicted molar refractivity (Wildman–Crippen MR) is 63.8 cm³/mol. The number of hydrogen-bond donors (Lipinski definition) is 1. The molecule has 0 amide bonds. The van der Waals surface area contributed by atoms with Gasteiger partial charge >= 0.3 is 0 Å². The third-order valence-corrected chi connectivity index (χ3v) is 3.48. The molecule has 1 rings (SSSR count). The first-order valence-electron chi connectivity index (χ1n) is 4.92. The Morgan fingerprint density at radius 2 is 2.07 bits per heavy atom. The normalized spacial score (nSPS) is 12.9. The van der Waals surface area contributed by atoms with Gasteiger partial charge in [0, 0.05) is 11.0 Å². The molecule has 0 radical (unpaired) electrons. The Labute approximate surface area is 90.5 Å². The van der Waals surface area contributed by atoms with Crippen LogP contribution in [-0.2, 0) is 5.75 Å². The maximum absolute atomic E-state index is 8.92. The van der Waals surface area contributed by atoms with Crippen molar-refractivity contribution in [3.8, 4) is 0 Å². The highest BCUT2D eigenvalue weighted by Crippen LogP contribution is 2.20. The standard InChI is InChI=1S/C12H18OS/c1-9-4-5-10(2)12(6-9)8-14-11(3)7-13/h4-6,11,13H,7-8H2,1-3H3. The van der Waals surface area contributed by atoms with Crippen LogP contribution in [0.2, 0.25) is 0 Å². The second-order valence-electron chi connectivity index (χ2n) is 3.73. The molecule has 1 atom stereocenters. The van der Waals surface area contributed by atoms with Crippen molar-refractivity contribution in [1.82, 2.24) is 0 Å². The van der Waals surface area contributed by atoms with Crippen molar-refractivity contribution in [2.24, 2.45) is 0 Å². The van der Waals surface area contributed by atoms with Crippen LogP contribution in [0.1, 0.15) is 23.6 Å². The molecular formula is C12H18OS. The topological polar surface area (TPSA) is 20.2 Å². The summed E-state index contributed by atoms with van der Waals surface area (Å²) in [6, 6.07) is 6.53. The van der Waals surface area contributed by atoms with E-state index in [0.717, 1.165) is 5.75 Å².